The molecule has 53 heavy (non-hydrogen) atoms. The van der Waals surface area contributed by atoms with Gasteiger partial charge >= 0.3 is 30.8 Å². The molecule has 0 aliphatic carbocycles. The van der Waals surface area contributed by atoms with Gasteiger partial charge in [-0.2, -0.15) is 0 Å². The van der Waals surface area contributed by atoms with E-state index in [2.05, 4.69) is 42.6 Å². The number of aliphatic hydroxyl groups excluding tert-OH is 4. The average Bonchev–Trinajstić information content (AvgIpc) is 3.70. The van der Waals surface area contributed by atoms with Crippen molar-refractivity contribution in [3.63, 3.8) is 0 Å². The molecule has 0 fully saturated rings. The summed E-state index contributed by atoms with van der Waals surface area (Å²) in [4.78, 5) is 60.0. The summed E-state index contributed by atoms with van der Waals surface area (Å²) in [6.45, 7) is -5.31. The van der Waals surface area contributed by atoms with E-state index in [0.717, 1.165) is 6.33 Å². The number of phosphoric acid groups is 2. The molecular weight excluding hydrogens is 802 g/mol. The lowest BCUT2D eigenvalue weighted by Crippen LogP contribution is -2.29. The molecule has 4 aromatic heterocycles. The highest BCUT2D eigenvalue weighted by Gasteiger charge is 2.44. The zero-order valence-corrected chi connectivity index (χ0v) is 30.5. The van der Waals surface area contributed by atoms with Gasteiger partial charge in [0.05, 0.1) is 58.0 Å². The molecule has 4 rings (SSSR count). The number of rotatable bonds is 22. The summed E-state index contributed by atoms with van der Waals surface area (Å²) in [5.41, 5.74) is 12.5. The summed E-state index contributed by atoms with van der Waals surface area (Å²) < 4.78 is 80.8. The Labute approximate surface area is 297 Å². The molecule has 0 saturated heterocycles. The molecule has 0 amide bonds. The molecule has 0 radical (unpaired) electrons. The highest BCUT2D eigenvalue weighted by Crippen LogP contribution is 2.70. The minimum absolute atomic E-state index is 0.00441. The lowest BCUT2D eigenvalue weighted by Gasteiger charge is -2.25. The minimum Gasteiger partial charge on any atom is -0.397 e. The van der Waals surface area contributed by atoms with Gasteiger partial charge in [-0.1, -0.05) is 0 Å². The van der Waals surface area contributed by atoms with E-state index in [1.807, 2.05) is 0 Å². The van der Waals surface area contributed by atoms with Gasteiger partial charge in [-0.15, -0.1) is 0 Å². The molecule has 4 heterocycles. The smallest absolute Gasteiger partial charge is 0.397 e. The van der Waals surface area contributed by atoms with Crippen molar-refractivity contribution in [2.75, 3.05) is 57.0 Å². The van der Waals surface area contributed by atoms with Crippen LogP contribution in [0.4, 0.5) is 11.5 Å². The molecule has 296 valence electrons. The first-order chi connectivity index (χ1) is 24.8. The predicted molar refractivity (Wildman–Crippen MR) is 176 cm³/mol. The number of hydrogen-bond donors (Lipinski definition) is 10. The number of ether oxygens (including phenoxy) is 2. The second-order valence-electron chi connectivity index (χ2n) is 10.6. The topological polar surface area (TPSA) is 412 Å². The van der Waals surface area contributed by atoms with Crippen LogP contribution in [0.25, 0.3) is 22.3 Å². The molecule has 12 N–H and O–H groups in total. The van der Waals surface area contributed by atoms with Crippen molar-refractivity contribution in [2.45, 2.75) is 24.7 Å². The van der Waals surface area contributed by atoms with E-state index in [-0.39, 0.29) is 33.8 Å². The van der Waals surface area contributed by atoms with Gasteiger partial charge in [0.1, 0.15) is 29.6 Å². The molecule has 4 unspecified atom stereocenters. The Bertz CT molecular complexity index is 1910. The van der Waals surface area contributed by atoms with Gasteiger partial charge in [-0.3, -0.25) is 27.3 Å². The normalized spacial score (nSPS) is 19.2. The third kappa shape index (κ3) is 11.6. The van der Waals surface area contributed by atoms with Crippen LogP contribution in [0, 0.1) is 0 Å². The first-order valence-corrected chi connectivity index (χ1v) is 21.1. The van der Waals surface area contributed by atoms with Crippen molar-refractivity contribution < 1.29 is 85.4 Å². The molecule has 0 aliphatic rings. The second kappa shape index (κ2) is 17.7. The van der Waals surface area contributed by atoms with Gasteiger partial charge in [0, 0.05) is 6.20 Å². The van der Waals surface area contributed by atoms with Crippen LogP contribution in [0.3, 0.4) is 0 Å². The van der Waals surface area contributed by atoms with Crippen LogP contribution < -0.4 is 11.5 Å². The fourth-order valence-corrected chi connectivity index (χ4v) is 11.2. The Hall–Kier alpha value is -2.87. The Balaban J connectivity index is 1.30. The molecular formula is C22H35N9O18P4. The third-order valence-electron chi connectivity index (χ3n) is 6.58. The number of anilines is 2. The van der Waals surface area contributed by atoms with Gasteiger partial charge in [0.2, 0.25) is 0 Å². The summed E-state index contributed by atoms with van der Waals surface area (Å²) in [5.74, 6) is -2.03. The Morgan fingerprint density at radius 1 is 0.660 bits per heavy atom. The number of phosphoric ester groups is 2. The summed E-state index contributed by atoms with van der Waals surface area (Å²) in [6.07, 6.45) is -0.794. The standard InChI is InChI=1S/C22H35N9O18P4/c23-15-1-2-25-21-18(15)28-10-30(21)16(5-34)46-13(3-32)7-44-52(40,41)48-50(36,37)12-51(38,39)49-53(42,43)45-8-14(4-33)47-17(6-35)31-11-29-19-20(24)26-9-27-22(19)31/h1-2,9-11,13-14,16-17,32-35H,3-8,12H2,(H2,23,25)(H,36,37)(H,38,39)(H,40,41)(H,42,43)(H2,24,26,27)/t13-,14-,16+,17-/m0/s1. The Kier molecular flexibility index (Phi) is 14.3. The number of nitrogen functional groups attached to an aromatic ring is 2. The van der Waals surface area contributed by atoms with Crippen LogP contribution in [-0.4, -0.2) is 132 Å². The van der Waals surface area contributed by atoms with E-state index >= 15 is 0 Å². The van der Waals surface area contributed by atoms with Crippen molar-refractivity contribution in [1.29, 1.82) is 0 Å². The van der Waals surface area contributed by atoms with Crippen LogP contribution >= 0.6 is 30.8 Å². The second-order valence-corrected chi connectivity index (χ2v) is 17.9. The van der Waals surface area contributed by atoms with E-state index in [1.165, 1.54) is 34.1 Å². The number of pyridine rings is 1. The van der Waals surface area contributed by atoms with Gasteiger partial charge in [-0.05, 0) is 6.07 Å². The van der Waals surface area contributed by atoms with Crippen LogP contribution in [0.2, 0.25) is 0 Å². The number of aromatic nitrogens is 7. The zero-order valence-electron chi connectivity index (χ0n) is 26.9. The summed E-state index contributed by atoms with van der Waals surface area (Å²) in [6, 6.07) is 1.47. The maximum Gasteiger partial charge on any atom is 0.479 e. The largest absolute Gasteiger partial charge is 0.479 e. The maximum atomic E-state index is 12.5. The van der Waals surface area contributed by atoms with E-state index in [9.17, 15) is 58.3 Å². The molecule has 0 saturated carbocycles. The number of nitrogens with two attached hydrogens (primary N) is 2. The van der Waals surface area contributed by atoms with Crippen LogP contribution in [0.15, 0.2) is 31.2 Å². The maximum absolute atomic E-state index is 12.5. The number of nitrogens with zero attached hydrogens (tertiary/aromatic N) is 7. The van der Waals surface area contributed by atoms with Crippen LogP contribution in [-0.2, 0) is 45.4 Å². The average molecular weight is 837 g/mol. The van der Waals surface area contributed by atoms with Crippen molar-refractivity contribution in [3.8, 4) is 0 Å². The molecule has 0 spiro atoms. The number of fused-ring (bicyclic) bond motifs is 2. The molecule has 0 aromatic carbocycles. The summed E-state index contributed by atoms with van der Waals surface area (Å²) >= 11 is 0. The minimum atomic E-state index is -5.68. The van der Waals surface area contributed by atoms with Gasteiger partial charge in [-0.25, -0.2) is 42.7 Å². The fraction of sp³-hybridized carbons (Fsp3) is 0.500. The zero-order chi connectivity index (χ0) is 39.2. The molecule has 27 nitrogen and oxygen atoms in total. The van der Waals surface area contributed by atoms with E-state index in [1.54, 1.807) is 0 Å². The van der Waals surface area contributed by atoms with Crippen LogP contribution in [0.1, 0.15) is 12.5 Å². The predicted octanol–water partition coefficient (Wildman–Crippen LogP) is -1.23. The monoisotopic (exact) mass is 837 g/mol. The Morgan fingerprint density at radius 3 is 1.60 bits per heavy atom. The number of hydrogen-bond acceptors (Lipinski definition) is 21. The third-order valence-corrected chi connectivity index (χ3v) is 14.1. The lowest BCUT2D eigenvalue weighted by molar-refractivity contribution is -0.109. The summed E-state index contributed by atoms with van der Waals surface area (Å²) in [7, 11) is -22.6. The van der Waals surface area contributed by atoms with Crippen molar-refractivity contribution in [1.82, 2.24) is 34.1 Å². The van der Waals surface area contributed by atoms with Gasteiger partial charge < -0.3 is 60.9 Å². The van der Waals surface area contributed by atoms with E-state index in [0.29, 0.717) is 0 Å². The van der Waals surface area contributed by atoms with Gasteiger partial charge in [0.15, 0.2) is 35.5 Å². The number of aliphatic hydroxyl groups is 4. The highest BCUT2D eigenvalue weighted by molar-refractivity contribution is 7.76. The fourth-order valence-electron chi connectivity index (χ4n) is 4.35. The summed E-state index contributed by atoms with van der Waals surface area (Å²) in [5, 5.41) is 39.0. The lowest BCUT2D eigenvalue weighted by atomic mass is 10.3. The molecule has 8 atom stereocenters. The molecule has 0 bridgehead atoms. The van der Waals surface area contributed by atoms with Gasteiger partial charge in [0.25, 0.3) is 0 Å². The number of imidazole rings is 2. The van der Waals surface area contributed by atoms with Crippen molar-refractivity contribution >= 4 is 64.7 Å². The molecule has 4 aromatic rings. The van der Waals surface area contributed by atoms with E-state index in [4.69, 9.17) is 20.9 Å². The Morgan fingerprint density at radius 2 is 1.13 bits per heavy atom. The SMILES string of the molecule is Nc1ncnc2c1ncn2[C@H](CO)O[C@@H](CO)COP(=O)(O)OP(=O)(O)CP(=O)(O)OP(=O)(O)OC[C@H](CO)O[C@H](CO)n1cnc2c(N)ccnc21. The van der Waals surface area contributed by atoms with E-state index < -0.39 is 101 Å². The molecule has 31 heteroatoms. The first-order valence-electron chi connectivity index (χ1n) is 14.6. The van der Waals surface area contributed by atoms with Crippen LogP contribution in [0.5, 0.6) is 0 Å². The molecule has 0 aliphatic heterocycles. The highest BCUT2D eigenvalue weighted by atomic mass is 31.3. The quantitative estimate of drug-likeness (QED) is 0.0414. The van der Waals surface area contributed by atoms with Crippen molar-refractivity contribution in [2.24, 2.45) is 0 Å². The van der Waals surface area contributed by atoms with Crippen molar-refractivity contribution in [3.05, 3.63) is 31.2 Å². The first kappa shape index (κ1) is 42.9.